The van der Waals surface area contributed by atoms with Crippen molar-refractivity contribution in [2.24, 2.45) is 0 Å². The number of piperidine rings is 1. The van der Waals surface area contributed by atoms with E-state index in [1.54, 1.807) is 0 Å². The molecule has 0 bridgehead atoms. The van der Waals surface area contributed by atoms with Gasteiger partial charge in [0, 0.05) is 6.54 Å². The van der Waals surface area contributed by atoms with Crippen LogP contribution in [0.4, 0.5) is 4.79 Å². The normalized spacial score (nSPS) is 24.3. The lowest BCUT2D eigenvalue weighted by Gasteiger charge is -2.32. The van der Waals surface area contributed by atoms with E-state index < -0.39 is 0 Å². The van der Waals surface area contributed by atoms with E-state index in [-0.39, 0.29) is 11.6 Å². The molecule has 2 heterocycles. The predicted molar refractivity (Wildman–Crippen MR) is 52.7 cm³/mol. The Morgan fingerprint density at radius 3 is 2.31 bits per heavy atom. The zero-order valence-electron chi connectivity index (χ0n) is 8.44. The summed E-state index contributed by atoms with van der Waals surface area (Å²) >= 11 is 0. The lowest BCUT2D eigenvalue weighted by atomic mass is 9.90. The minimum atomic E-state index is -0.00750. The Bertz CT molecular complexity index is 176. The van der Waals surface area contributed by atoms with E-state index >= 15 is 0 Å². The van der Waals surface area contributed by atoms with E-state index in [1.807, 2.05) is 13.8 Å². The molecule has 2 rings (SSSR count). The quantitative estimate of drug-likeness (QED) is 0.513. The van der Waals surface area contributed by atoms with E-state index in [2.05, 4.69) is 16.0 Å². The average molecular weight is 185 g/mol. The molecule has 2 amide bonds. The van der Waals surface area contributed by atoms with E-state index in [4.69, 9.17) is 0 Å². The number of rotatable bonds is 0. The van der Waals surface area contributed by atoms with E-state index in [9.17, 15) is 4.79 Å². The first kappa shape index (κ1) is 10.3. The van der Waals surface area contributed by atoms with Crippen LogP contribution in [-0.2, 0) is 0 Å². The number of nitrogens with one attached hydrogen (secondary N) is 3. The first-order chi connectivity index (χ1) is 6.31. The molecular weight excluding hydrogens is 166 g/mol. The first-order valence-corrected chi connectivity index (χ1v) is 5.08. The first-order valence-electron chi connectivity index (χ1n) is 5.08. The molecule has 2 aliphatic heterocycles. The van der Waals surface area contributed by atoms with Crippen LogP contribution in [0, 0.1) is 0 Å². The fourth-order valence-corrected chi connectivity index (χ4v) is 1.79. The van der Waals surface area contributed by atoms with Gasteiger partial charge in [0.1, 0.15) is 0 Å². The molecule has 2 saturated heterocycles. The summed E-state index contributed by atoms with van der Waals surface area (Å²) in [6, 6.07) is -0.00750. The van der Waals surface area contributed by atoms with E-state index in [1.165, 1.54) is 0 Å². The Kier molecular flexibility index (Phi) is 3.54. The fraction of sp³-hybridized carbons (Fsp3) is 0.889. The van der Waals surface area contributed by atoms with Gasteiger partial charge in [-0.25, -0.2) is 4.79 Å². The SMILES string of the molecule is CC.O=C1NCC2(CCNCC2)N1. The highest BCUT2D eigenvalue weighted by Crippen LogP contribution is 2.19. The van der Waals surface area contributed by atoms with Gasteiger partial charge in [0.05, 0.1) is 5.54 Å². The molecule has 0 aromatic heterocycles. The second-order valence-electron chi connectivity index (χ2n) is 3.34. The van der Waals surface area contributed by atoms with Gasteiger partial charge in [-0.15, -0.1) is 0 Å². The van der Waals surface area contributed by atoms with Gasteiger partial charge in [-0.3, -0.25) is 0 Å². The van der Waals surface area contributed by atoms with E-state index in [0.717, 1.165) is 32.5 Å². The maximum Gasteiger partial charge on any atom is 0.315 e. The second kappa shape index (κ2) is 4.46. The fourth-order valence-electron chi connectivity index (χ4n) is 1.79. The molecule has 0 aromatic carbocycles. The van der Waals surface area contributed by atoms with Crippen molar-refractivity contribution < 1.29 is 4.79 Å². The molecule has 3 N–H and O–H groups in total. The lowest BCUT2D eigenvalue weighted by Crippen LogP contribution is -2.51. The molecule has 2 fully saturated rings. The zero-order valence-corrected chi connectivity index (χ0v) is 8.44. The Hall–Kier alpha value is -0.770. The Morgan fingerprint density at radius 2 is 1.85 bits per heavy atom. The van der Waals surface area contributed by atoms with Crippen LogP contribution in [0.1, 0.15) is 26.7 Å². The van der Waals surface area contributed by atoms with Crippen molar-refractivity contribution in [1.29, 1.82) is 0 Å². The van der Waals surface area contributed by atoms with Gasteiger partial charge in [-0.2, -0.15) is 0 Å². The van der Waals surface area contributed by atoms with Crippen LogP contribution in [0.25, 0.3) is 0 Å². The summed E-state index contributed by atoms with van der Waals surface area (Å²) < 4.78 is 0. The molecular formula is C9H19N3O. The van der Waals surface area contributed by atoms with Gasteiger partial charge in [-0.05, 0) is 25.9 Å². The predicted octanol–water partition coefficient (Wildman–Crippen LogP) is 0.448. The average Bonchev–Trinajstić information content (AvgIpc) is 2.52. The molecule has 4 heteroatoms. The largest absolute Gasteiger partial charge is 0.336 e. The third kappa shape index (κ3) is 2.34. The van der Waals surface area contributed by atoms with Crippen molar-refractivity contribution in [2.45, 2.75) is 32.2 Å². The highest BCUT2D eigenvalue weighted by molar-refractivity contribution is 5.77. The van der Waals surface area contributed by atoms with Crippen molar-refractivity contribution in [3.63, 3.8) is 0 Å². The summed E-state index contributed by atoms with van der Waals surface area (Å²) in [6.45, 7) is 6.83. The molecule has 13 heavy (non-hydrogen) atoms. The van der Waals surface area contributed by atoms with Gasteiger partial charge < -0.3 is 16.0 Å². The summed E-state index contributed by atoms with van der Waals surface area (Å²) in [6.07, 6.45) is 2.09. The summed E-state index contributed by atoms with van der Waals surface area (Å²) in [5.41, 5.74) is 0.0718. The summed E-state index contributed by atoms with van der Waals surface area (Å²) in [5.74, 6) is 0. The maximum absolute atomic E-state index is 10.9. The van der Waals surface area contributed by atoms with Crippen LogP contribution in [0.5, 0.6) is 0 Å². The lowest BCUT2D eigenvalue weighted by molar-refractivity contribution is 0.238. The van der Waals surface area contributed by atoms with Crippen LogP contribution < -0.4 is 16.0 Å². The van der Waals surface area contributed by atoms with Gasteiger partial charge in [0.25, 0.3) is 0 Å². The number of carbonyl (C=O) groups excluding carboxylic acids is 1. The van der Waals surface area contributed by atoms with Gasteiger partial charge in [-0.1, -0.05) is 13.8 Å². The number of amides is 2. The molecule has 0 unspecified atom stereocenters. The van der Waals surface area contributed by atoms with Gasteiger partial charge in [0.2, 0.25) is 0 Å². The Labute approximate surface area is 79.5 Å². The number of hydrogen-bond donors (Lipinski definition) is 3. The molecule has 76 valence electrons. The van der Waals surface area contributed by atoms with Crippen LogP contribution in [0.2, 0.25) is 0 Å². The molecule has 0 aliphatic carbocycles. The molecule has 0 aromatic rings. The van der Waals surface area contributed by atoms with Crippen molar-refractivity contribution >= 4 is 6.03 Å². The van der Waals surface area contributed by atoms with Crippen molar-refractivity contribution in [3.8, 4) is 0 Å². The molecule has 2 aliphatic rings. The highest BCUT2D eigenvalue weighted by atomic mass is 16.2. The number of hydrogen-bond acceptors (Lipinski definition) is 2. The molecule has 0 radical (unpaired) electrons. The van der Waals surface area contributed by atoms with Gasteiger partial charge >= 0.3 is 6.03 Å². The Balaban J connectivity index is 0.000000396. The van der Waals surface area contributed by atoms with Crippen molar-refractivity contribution in [1.82, 2.24) is 16.0 Å². The topological polar surface area (TPSA) is 53.2 Å². The molecule has 0 saturated carbocycles. The molecule has 4 nitrogen and oxygen atoms in total. The van der Waals surface area contributed by atoms with Crippen LogP contribution in [-0.4, -0.2) is 31.2 Å². The third-order valence-electron chi connectivity index (χ3n) is 2.53. The summed E-state index contributed by atoms with van der Waals surface area (Å²) in [5, 5.41) is 9.05. The smallest absolute Gasteiger partial charge is 0.315 e. The van der Waals surface area contributed by atoms with Crippen LogP contribution >= 0.6 is 0 Å². The molecule has 0 atom stereocenters. The zero-order chi connectivity index (χ0) is 9.73. The van der Waals surface area contributed by atoms with E-state index in [0.29, 0.717) is 0 Å². The maximum atomic E-state index is 10.9. The van der Waals surface area contributed by atoms with Crippen molar-refractivity contribution in [3.05, 3.63) is 0 Å². The second-order valence-corrected chi connectivity index (χ2v) is 3.34. The summed E-state index contributed by atoms with van der Waals surface area (Å²) in [7, 11) is 0. The summed E-state index contributed by atoms with van der Waals surface area (Å²) in [4.78, 5) is 10.9. The number of urea groups is 1. The monoisotopic (exact) mass is 185 g/mol. The van der Waals surface area contributed by atoms with Gasteiger partial charge in [0.15, 0.2) is 0 Å². The van der Waals surface area contributed by atoms with Crippen molar-refractivity contribution in [2.75, 3.05) is 19.6 Å². The highest BCUT2D eigenvalue weighted by Gasteiger charge is 2.38. The third-order valence-corrected chi connectivity index (χ3v) is 2.53. The minimum absolute atomic E-state index is 0.00750. The van der Waals surface area contributed by atoms with Crippen LogP contribution in [0.3, 0.4) is 0 Å². The number of carbonyl (C=O) groups is 1. The molecule has 1 spiro atoms. The minimum Gasteiger partial charge on any atom is -0.336 e. The Morgan fingerprint density at radius 1 is 1.23 bits per heavy atom. The van der Waals surface area contributed by atoms with Crippen LogP contribution in [0.15, 0.2) is 0 Å². The standard InChI is InChI=1S/C7H13N3O.C2H6/c11-6-9-5-7(10-6)1-3-8-4-2-7;1-2/h8H,1-5H2,(H2,9,10,11);1-2H3.